The van der Waals surface area contributed by atoms with E-state index in [1.807, 2.05) is 0 Å². The van der Waals surface area contributed by atoms with Gasteiger partial charge in [0, 0.05) is 0 Å². The van der Waals surface area contributed by atoms with Gasteiger partial charge in [-0.2, -0.15) is 0 Å². The van der Waals surface area contributed by atoms with Crippen LogP contribution in [0.3, 0.4) is 0 Å². The first-order valence-electron chi connectivity index (χ1n) is 1.41. The zero-order chi connectivity index (χ0) is 2.71. The second-order valence-electron chi connectivity index (χ2n) is 0.707. The van der Waals surface area contributed by atoms with Crippen LogP contribution in [0.1, 0.15) is 20.3 Å². The molecule has 0 nitrogen and oxygen atoms in total. The molecule has 3 heteroatoms. The van der Waals surface area contributed by atoms with Crippen molar-refractivity contribution in [2.24, 2.45) is 0 Å². The molecule has 0 spiro atoms. The van der Waals surface area contributed by atoms with E-state index in [4.69, 9.17) is 0 Å². The Morgan fingerprint density at radius 2 is 0.833 bits per heavy atom. The minimum absolute atomic E-state index is 0. The molecular formula is C3H11Na3. The summed E-state index contributed by atoms with van der Waals surface area (Å²) in [5, 5.41) is 0. The summed E-state index contributed by atoms with van der Waals surface area (Å²) in [4.78, 5) is 0. The molecule has 0 fully saturated rings. The monoisotopic (exact) mass is 116 g/mol. The normalized spacial score (nSPS) is 3.00. The summed E-state index contributed by atoms with van der Waals surface area (Å²) in [5.41, 5.74) is 0. The van der Waals surface area contributed by atoms with Crippen LogP contribution < -0.4 is 0 Å². The standard InChI is InChI=1S/C3H8.3Na.3H/c1-3-2;;;;;;/h3H2,1-2H3;;;;;;. The molecule has 0 amide bonds. The third-order valence-electron chi connectivity index (χ3n) is 0. The van der Waals surface area contributed by atoms with Crippen LogP contribution >= 0.6 is 0 Å². The number of hydrogen-bond donors (Lipinski definition) is 0. The van der Waals surface area contributed by atoms with E-state index < -0.39 is 0 Å². The fraction of sp³-hybridized carbons (Fsp3) is 1.00. The first-order chi connectivity index (χ1) is 1.41. The van der Waals surface area contributed by atoms with Crippen LogP contribution in [0.2, 0.25) is 0 Å². The van der Waals surface area contributed by atoms with Gasteiger partial charge < -0.3 is 0 Å². The molecule has 0 bridgehead atoms. The summed E-state index contributed by atoms with van der Waals surface area (Å²) in [6.07, 6.45) is 1.25. The van der Waals surface area contributed by atoms with Crippen LogP contribution in [0.4, 0.5) is 0 Å². The molecule has 0 N–H and O–H groups in total. The van der Waals surface area contributed by atoms with Crippen molar-refractivity contribution in [2.75, 3.05) is 0 Å². The van der Waals surface area contributed by atoms with Gasteiger partial charge in [0.15, 0.2) is 0 Å². The van der Waals surface area contributed by atoms with E-state index in [2.05, 4.69) is 13.8 Å². The Morgan fingerprint density at radius 3 is 0.833 bits per heavy atom. The van der Waals surface area contributed by atoms with Gasteiger partial charge in [0.25, 0.3) is 0 Å². The van der Waals surface area contributed by atoms with Gasteiger partial charge in [0.1, 0.15) is 0 Å². The molecule has 0 saturated heterocycles. The molecule has 0 aliphatic rings. The van der Waals surface area contributed by atoms with E-state index in [0.717, 1.165) is 0 Å². The zero-order valence-electron chi connectivity index (χ0n) is 2.71. The van der Waals surface area contributed by atoms with Crippen molar-refractivity contribution in [3.05, 3.63) is 0 Å². The summed E-state index contributed by atoms with van der Waals surface area (Å²) in [7, 11) is 0. The van der Waals surface area contributed by atoms with Crippen molar-refractivity contribution in [3.63, 3.8) is 0 Å². The average molecular weight is 116 g/mol. The van der Waals surface area contributed by atoms with Crippen molar-refractivity contribution in [1.29, 1.82) is 0 Å². The van der Waals surface area contributed by atoms with Crippen LogP contribution in [0.15, 0.2) is 0 Å². The van der Waals surface area contributed by atoms with Crippen LogP contribution in [-0.4, -0.2) is 88.7 Å². The van der Waals surface area contributed by atoms with Gasteiger partial charge in [-0.25, -0.2) is 0 Å². The van der Waals surface area contributed by atoms with E-state index in [1.54, 1.807) is 0 Å². The van der Waals surface area contributed by atoms with Gasteiger partial charge in [0.05, 0.1) is 0 Å². The fourth-order valence-corrected chi connectivity index (χ4v) is 0. The summed E-state index contributed by atoms with van der Waals surface area (Å²) < 4.78 is 0. The van der Waals surface area contributed by atoms with Gasteiger partial charge in [-0.15, -0.1) is 0 Å². The molecule has 0 atom stereocenters. The van der Waals surface area contributed by atoms with E-state index in [-0.39, 0.29) is 88.7 Å². The molecule has 0 radical (unpaired) electrons. The van der Waals surface area contributed by atoms with Crippen LogP contribution in [0, 0.1) is 0 Å². The van der Waals surface area contributed by atoms with E-state index in [9.17, 15) is 0 Å². The summed E-state index contributed by atoms with van der Waals surface area (Å²) >= 11 is 0. The zero-order valence-corrected chi connectivity index (χ0v) is 2.71. The Kier molecular flexibility index (Phi) is 94.1. The van der Waals surface area contributed by atoms with Crippen LogP contribution in [0.5, 0.6) is 0 Å². The van der Waals surface area contributed by atoms with Crippen molar-refractivity contribution >= 4 is 88.7 Å². The maximum atomic E-state index is 2.12. The van der Waals surface area contributed by atoms with E-state index in [0.29, 0.717) is 0 Å². The van der Waals surface area contributed by atoms with Gasteiger partial charge >= 0.3 is 88.7 Å². The van der Waals surface area contributed by atoms with Crippen molar-refractivity contribution in [2.45, 2.75) is 20.3 Å². The molecule has 0 rings (SSSR count). The second kappa shape index (κ2) is 24.5. The fourth-order valence-electron chi connectivity index (χ4n) is 0. The Morgan fingerprint density at radius 1 is 0.833 bits per heavy atom. The molecule has 0 saturated carbocycles. The Balaban J connectivity index is -0.00000000667. The van der Waals surface area contributed by atoms with Crippen molar-refractivity contribution in [3.8, 4) is 0 Å². The Hall–Kier alpha value is 3.00. The third-order valence-corrected chi connectivity index (χ3v) is 0. The predicted molar refractivity (Wildman–Crippen MR) is 37.4 cm³/mol. The number of hydrogen-bond acceptors (Lipinski definition) is 0. The second-order valence-corrected chi connectivity index (χ2v) is 0.707. The molecule has 6 heavy (non-hydrogen) atoms. The maximum absolute atomic E-state index is 2.12. The molecule has 0 unspecified atom stereocenters. The molecule has 0 aromatic rings. The van der Waals surface area contributed by atoms with Gasteiger partial charge in [-0.05, 0) is 0 Å². The molecule has 0 aliphatic heterocycles. The van der Waals surface area contributed by atoms with Crippen molar-refractivity contribution in [1.82, 2.24) is 0 Å². The minimum atomic E-state index is 0. The molecule has 26 valence electrons. The Bertz CT molecular complexity index is 6.00. The first kappa shape index (κ1) is 23.0. The SMILES string of the molecule is CCC.[NaH].[NaH].[NaH]. The topological polar surface area (TPSA) is 0 Å². The van der Waals surface area contributed by atoms with Crippen LogP contribution in [0.25, 0.3) is 0 Å². The molecular weight excluding hydrogens is 105 g/mol. The summed E-state index contributed by atoms with van der Waals surface area (Å²) in [6, 6.07) is 0. The van der Waals surface area contributed by atoms with Gasteiger partial charge in [-0.3, -0.25) is 0 Å². The molecule has 0 heterocycles. The van der Waals surface area contributed by atoms with Crippen LogP contribution in [-0.2, 0) is 0 Å². The summed E-state index contributed by atoms with van der Waals surface area (Å²) in [6.45, 7) is 4.25. The summed E-state index contributed by atoms with van der Waals surface area (Å²) in [5.74, 6) is 0. The molecule has 0 aliphatic carbocycles. The van der Waals surface area contributed by atoms with E-state index in [1.165, 1.54) is 6.42 Å². The predicted octanol–water partition coefficient (Wildman–Crippen LogP) is -0.529. The van der Waals surface area contributed by atoms with Gasteiger partial charge in [-0.1, -0.05) is 20.3 Å². The molecule has 0 aromatic heterocycles. The Labute approximate surface area is 107 Å². The molecule has 0 aromatic carbocycles. The van der Waals surface area contributed by atoms with E-state index >= 15 is 0 Å². The third kappa shape index (κ3) is 28.0. The number of rotatable bonds is 0. The quantitative estimate of drug-likeness (QED) is 0.373. The van der Waals surface area contributed by atoms with Gasteiger partial charge in [0.2, 0.25) is 0 Å². The van der Waals surface area contributed by atoms with Crippen molar-refractivity contribution < 1.29 is 0 Å². The first-order valence-corrected chi connectivity index (χ1v) is 1.41. The average Bonchev–Trinajstić information content (AvgIpc) is 0.918.